The van der Waals surface area contributed by atoms with Gasteiger partial charge in [-0.2, -0.15) is 0 Å². The second-order valence-corrected chi connectivity index (χ2v) is 9.14. The first-order chi connectivity index (χ1) is 16.7. The van der Waals surface area contributed by atoms with Crippen LogP contribution in [0.25, 0.3) is 10.8 Å². The Bertz CT molecular complexity index is 1130. The molecule has 6 heteroatoms. The number of ether oxygens (including phenoxy) is 2. The van der Waals surface area contributed by atoms with Gasteiger partial charge in [0.1, 0.15) is 18.4 Å². The zero-order valence-corrected chi connectivity index (χ0v) is 19.8. The average Bonchev–Trinajstić information content (AvgIpc) is 2.88. The summed E-state index contributed by atoms with van der Waals surface area (Å²) in [6, 6.07) is 23.0. The summed E-state index contributed by atoms with van der Waals surface area (Å²) in [7, 11) is 1.99. The number of amides is 1. The van der Waals surface area contributed by atoms with E-state index in [-0.39, 0.29) is 18.0 Å². The Hall–Kier alpha value is -2.93. The summed E-state index contributed by atoms with van der Waals surface area (Å²) < 4.78 is 11.8. The van der Waals surface area contributed by atoms with Crippen molar-refractivity contribution in [2.75, 3.05) is 53.0 Å². The minimum Gasteiger partial charge on any atom is -0.492 e. The van der Waals surface area contributed by atoms with Crippen molar-refractivity contribution in [1.29, 1.82) is 0 Å². The van der Waals surface area contributed by atoms with Gasteiger partial charge >= 0.3 is 0 Å². The van der Waals surface area contributed by atoms with Gasteiger partial charge in [-0.25, -0.2) is 0 Å². The molecule has 0 bridgehead atoms. The van der Waals surface area contributed by atoms with Crippen molar-refractivity contribution in [2.24, 2.45) is 0 Å². The molecule has 5 rings (SSSR count). The Morgan fingerprint density at radius 3 is 2.79 bits per heavy atom. The van der Waals surface area contributed by atoms with E-state index in [0.29, 0.717) is 26.4 Å². The van der Waals surface area contributed by atoms with Gasteiger partial charge < -0.3 is 14.8 Å². The van der Waals surface area contributed by atoms with Crippen LogP contribution in [0.15, 0.2) is 66.7 Å². The van der Waals surface area contributed by atoms with Crippen LogP contribution in [0, 0.1) is 0 Å². The van der Waals surface area contributed by atoms with Crippen molar-refractivity contribution < 1.29 is 14.3 Å². The third kappa shape index (κ3) is 4.94. The number of carbonyl (C=O) groups excluding carboxylic acids is 1. The normalized spacial score (nSPS) is 21.2. The predicted octanol–water partition coefficient (Wildman–Crippen LogP) is 3.26. The van der Waals surface area contributed by atoms with Crippen LogP contribution < -0.4 is 10.1 Å². The lowest BCUT2D eigenvalue weighted by molar-refractivity contribution is -0.131. The van der Waals surface area contributed by atoms with E-state index in [1.165, 1.54) is 16.5 Å². The molecule has 3 aromatic carbocycles. The van der Waals surface area contributed by atoms with E-state index in [0.717, 1.165) is 37.2 Å². The Morgan fingerprint density at radius 2 is 1.88 bits per heavy atom. The first-order valence-electron chi connectivity index (χ1n) is 12.2. The maximum Gasteiger partial charge on any atom is 0.239 e. The Morgan fingerprint density at radius 1 is 1.06 bits per heavy atom. The van der Waals surface area contributed by atoms with Gasteiger partial charge in [0.15, 0.2) is 0 Å². The summed E-state index contributed by atoms with van der Waals surface area (Å²) >= 11 is 0. The maximum absolute atomic E-state index is 12.9. The highest BCUT2D eigenvalue weighted by atomic mass is 16.5. The van der Waals surface area contributed by atoms with Crippen LogP contribution in [0.2, 0.25) is 0 Å². The summed E-state index contributed by atoms with van der Waals surface area (Å²) in [6.07, 6.45) is 1.01. The summed E-state index contributed by atoms with van der Waals surface area (Å²) in [5.74, 6) is 0.956. The molecule has 0 aliphatic carbocycles. The van der Waals surface area contributed by atoms with Crippen LogP contribution in [-0.4, -0.2) is 74.8 Å². The average molecular weight is 460 g/mol. The highest BCUT2D eigenvalue weighted by molar-refractivity contribution is 5.88. The highest BCUT2D eigenvalue weighted by Crippen LogP contribution is 2.30. The standard InChI is InChI=1S/C28H33N3O3/c1-30-15-17-33-20-26(30)28(32)29-19-25-23-10-4-2-8-22(23)13-14-31(25)16-18-34-27-12-6-9-21-7-3-5-11-24(21)27/h2-12,25-26H,13-20H2,1H3,(H,29,32). The number of morpholine rings is 1. The second-order valence-electron chi connectivity index (χ2n) is 9.14. The molecule has 1 fully saturated rings. The van der Waals surface area contributed by atoms with E-state index in [1.54, 1.807) is 0 Å². The van der Waals surface area contributed by atoms with Gasteiger partial charge in [-0.05, 0) is 36.0 Å². The third-order valence-corrected chi connectivity index (χ3v) is 7.08. The minimum atomic E-state index is -0.226. The Balaban J connectivity index is 1.26. The summed E-state index contributed by atoms with van der Waals surface area (Å²) in [6.45, 7) is 4.83. The summed E-state index contributed by atoms with van der Waals surface area (Å²) in [4.78, 5) is 17.4. The SMILES string of the molecule is CN1CCOCC1C(=O)NCC1c2ccccc2CCN1CCOc1cccc2ccccc12. The van der Waals surface area contributed by atoms with Crippen molar-refractivity contribution in [1.82, 2.24) is 15.1 Å². The first kappa shape index (κ1) is 22.8. The molecule has 2 unspecified atom stereocenters. The van der Waals surface area contributed by atoms with Crippen molar-refractivity contribution in [3.05, 3.63) is 77.9 Å². The zero-order valence-electron chi connectivity index (χ0n) is 19.8. The van der Waals surface area contributed by atoms with Crippen molar-refractivity contribution >= 4 is 16.7 Å². The molecular formula is C28H33N3O3. The molecule has 1 N–H and O–H groups in total. The molecular weight excluding hydrogens is 426 g/mol. The van der Waals surface area contributed by atoms with Crippen LogP contribution in [0.1, 0.15) is 17.2 Å². The molecule has 0 spiro atoms. The molecule has 2 heterocycles. The number of likely N-dealkylation sites (N-methyl/N-ethyl adjacent to an activating group) is 1. The number of hydrogen-bond donors (Lipinski definition) is 1. The number of carbonyl (C=O) groups is 1. The highest BCUT2D eigenvalue weighted by Gasteiger charge is 2.30. The molecule has 3 aromatic rings. The monoisotopic (exact) mass is 459 g/mol. The van der Waals surface area contributed by atoms with Crippen molar-refractivity contribution in [3.63, 3.8) is 0 Å². The van der Waals surface area contributed by atoms with E-state index in [4.69, 9.17) is 9.47 Å². The summed E-state index contributed by atoms with van der Waals surface area (Å²) in [5, 5.41) is 5.53. The lowest BCUT2D eigenvalue weighted by Crippen LogP contribution is -2.53. The molecule has 178 valence electrons. The molecule has 2 atom stereocenters. The number of nitrogens with one attached hydrogen (secondary N) is 1. The molecule has 2 aliphatic rings. The molecule has 2 aliphatic heterocycles. The van der Waals surface area contributed by atoms with E-state index in [2.05, 4.69) is 57.6 Å². The number of benzene rings is 3. The Labute approximate surface area is 201 Å². The molecule has 1 amide bonds. The van der Waals surface area contributed by atoms with Crippen molar-refractivity contribution in [2.45, 2.75) is 18.5 Å². The van der Waals surface area contributed by atoms with Gasteiger partial charge in [-0.1, -0.05) is 60.7 Å². The molecule has 34 heavy (non-hydrogen) atoms. The summed E-state index contributed by atoms with van der Waals surface area (Å²) in [5.41, 5.74) is 2.67. The van der Waals surface area contributed by atoms with Crippen LogP contribution in [-0.2, 0) is 16.0 Å². The van der Waals surface area contributed by atoms with Gasteiger partial charge in [-0.3, -0.25) is 14.6 Å². The van der Waals surface area contributed by atoms with Crippen LogP contribution in [0.4, 0.5) is 0 Å². The fourth-order valence-corrected chi connectivity index (χ4v) is 5.08. The van der Waals surface area contributed by atoms with Gasteiger partial charge in [-0.15, -0.1) is 0 Å². The largest absolute Gasteiger partial charge is 0.492 e. The fourth-order valence-electron chi connectivity index (χ4n) is 5.08. The first-order valence-corrected chi connectivity index (χ1v) is 12.2. The molecule has 0 aromatic heterocycles. The molecule has 1 saturated heterocycles. The number of hydrogen-bond acceptors (Lipinski definition) is 5. The molecule has 0 radical (unpaired) electrons. The topological polar surface area (TPSA) is 54.0 Å². The zero-order chi connectivity index (χ0) is 23.3. The lowest BCUT2D eigenvalue weighted by Gasteiger charge is -2.38. The van der Waals surface area contributed by atoms with Gasteiger partial charge in [0.05, 0.1) is 19.3 Å². The van der Waals surface area contributed by atoms with Gasteiger partial charge in [0.25, 0.3) is 0 Å². The van der Waals surface area contributed by atoms with Crippen LogP contribution >= 0.6 is 0 Å². The number of rotatable bonds is 7. The van der Waals surface area contributed by atoms with Crippen molar-refractivity contribution in [3.8, 4) is 5.75 Å². The molecule has 6 nitrogen and oxygen atoms in total. The second kappa shape index (κ2) is 10.6. The predicted molar refractivity (Wildman–Crippen MR) is 134 cm³/mol. The number of nitrogens with zero attached hydrogens (tertiary/aromatic N) is 2. The smallest absolute Gasteiger partial charge is 0.239 e. The Kier molecular flexibility index (Phi) is 7.09. The lowest BCUT2D eigenvalue weighted by atomic mass is 9.92. The van der Waals surface area contributed by atoms with E-state index < -0.39 is 0 Å². The van der Waals surface area contributed by atoms with Crippen LogP contribution in [0.3, 0.4) is 0 Å². The van der Waals surface area contributed by atoms with Gasteiger partial charge in [0, 0.05) is 31.6 Å². The van der Waals surface area contributed by atoms with E-state index in [1.807, 2.05) is 31.3 Å². The van der Waals surface area contributed by atoms with E-state index >= 15 is 0 Å². The third-order valence-electron chi connectivity index (χ3n) is 7.08. The van der Waals surface area contributed by atoms with Gasteiger partial charge in [0.2, 0.25) is 5.91 Å². The van der Waals surface area contributed by atoms with E-state index in [9.17, 15) is 4.79 Å². The molecule has 0 saturated carbocycles. The van der Waals surface area contributed by atoms with Crippen LogP contribution in [0.5, 0.6) is 5.75 Å². The fraction of sp³-hybridized carbons (Fsp3) is 0.393. The maximum atomic E-state index is 12.9. The minimum absolute atomic E-state index is 0.0391. The number of fused-ring (bicyclic) bond motifs is 2. The quantitative estimate of drug-likeness (QED) is 0.588.